The maximum absolute atomic E-state index is 6.64. The van der Waals surface area contributed by atoms with Gasteiger partial charge in [-0.25, -0.2) is 0 Å². The summed E-state index contributed by atoms with van der Waals surface area (Å²) in [4.78, 5) is 8.04. The van der Waals surface area contributed by atoms with E-state index in [4.69, 9.17) is 21.3 Å². The molecule has 2 aromatic rings. The summed E-state index contributed by atoms with van der Waals surface area (Å²) in [7, 11) is 1.74. The van der Waals surface area contributed by atoms with Gasteiger partial charge in [0, 0.05) is 28.6 Å². The topological polar surface area (TPSA) is 36.9 Å². The fraction of sp³-hybridized carbons (Fsp3) is 0.519. The third-order valence-corrected chi connectivity index (χ3v) is 8.04. The van der Waals surface area contributed by atoms with Crippen molar-refractivity contribution in [3.63, 3.8) is 0 Å². The highest BCUT2D eigenvalue weighted by atomic mass is 35.5. The molecule has 5 rings (SSSR count). The zero-order valence-electron chi connectivity index (χ0n) is 19.2. The first kappa shape index (κ1) is 21.8. The summed E-state index contributed by atoms with van der Waals surface area (Å²) in [6.07, 6.45) is 7.72. The van der Waals surface area contributed by atoms with E-state index in [1.807, 2.05) is 30.3 Å². The van der Waals surface area contributed by atoms with Crippen molar-refractivity contribution < 1.29 is 4.74 Å². The van der Waals surface area contributed by atoms with Crippen LogP contribution in [-0.2, 0) is 0 Å². The molecule has 1 saturated heterocycles. The summed E-state index contributed by atoms with van der Waals surface area (Å²) in [5.41, 5.74) is 3.65. The number of ether oxygens (including phenoxy) is 1. The van der Waals surface area contributed by atoms with Gasteiger partial charge in [0.05, 0.1) is 18.5 Å². The standard InChI is InChI=1S/C27H34ClN3O/c1-27(20-14-12-19(13-15-20)18-31-16-5-6-17-31)29-25(21-8-3-4-10-23(21)28)22-9-7-11-24(32-2)26(22)30-27/h3-4,7-11,19-20,30H,5-6,12-18H2,1-2H3. The van der Waals surface area contributed by atoms with Crippen LogP contribution in [-0.4, -0.2) is 43.0 Å². The molecular formula is C27H34ClN3O. The van der Waals surface area contributed by atoms with Crippen LogP contribution in [0.25, 0.3) is 0 Å². The summed E-state index contributed by atoms with van der Waals surface area (Å²) in [6, 6.07) is 14.2. The van der Waals surface area contributed by atoms with Crippen molar-refractivity contribution in [3.8, 4) is 5.75 Å². The van der Waals surface area contributed by atoms with Gasteiger partial charge in [0.1, 0.15) is 11.4 Å². The predicted molar refractivity (Wildman–Crippen MR) is 133 cm³/mol. The molecule has 1 saturated carbocycles. The van der Waals surface area contributed by atoms with E-state index in [0.29, 0.717) is 5.92 Å². The van der Waals surface area contributed by atoms with Crippen molar-refractivity contribution in [2.24, 2.45) is 16.8 Å². The molecule has 1 atom stereocenters. The van der Waals surface area contributed by atoms with Gasteiger partial charge < -0.3 is 15.0 Å². The Balaban J connectivity index is 1.44. The smallest absolute Gasteiger partial charge is 0.142 e. The Morgan fingerprint density at radius 3 is 2.47 bits per heavy atom. The maximum atomic E-state index is 6.64. The molecule has 2 aromatic carbocycles. The third-order valence-electron chi connectivity index (χ3n) is 7.71. The minimum Gasteiger partial charge on any atom is -0.495 e. The fourth-order valence-corrected chi connectivity index (χ4v) is 6.12. The number of hydrogen-bond donors (Lipinski definition) is 1. The molecule has 2 aliphatic heterocycles. The monoisotopic (exact) mass is 451 g/mol. The van der Waals surface area contributed by atoms with E-state index in [-0.39, 0.29) is 5.66 Å². The van der Waals surface area contributed by atoms with Gasteiger partial charge in [-0.1, -0.05) is 41.9 Å². The van der Waals surface area contributed by atoms with Crippen LogP contribution in [0.2, 0.25) is 5.02 Å². The Bertz CT molecular complexity index is 992. The molecule has 2 heterocycles. The van der Waals surface area contributed by atoms with Gasteiger partial charge in [-0.3, -0.25) is 4.99 Å². The van der Waals surface area contributed by atoms with E-state index in [9.17, 15) is 0 Å². The summed E-state index contributed by atoms with van der Waals surface area (Å²) >= 11 is 6.64. The minimum atomic E-state index is -0.380. The summed E-state index contributed by atoms with van der Waals surface area (Å²) in [6.45, 7) is 6.12. The van der Waals surface area contributed by atoms with E-state index < -0.39 is 0 Å². The molecular weight excluding hydrogens is 418 g/mol. The van der Waals surface area contributed by atoms with Gasteiger partial charge in [0.2, 0.25) is 0 Å². The molecule has 3 aliphatic rings. The van der Waals surface area contributed by atoms with Crippen LogP contribution >= 0.6 is 11.6 Å². The Kier molecular flexibility index (Phi) is 6.18. The quantitative estimate of drug-likeness (QED) is 0.585. The van der Waals surface area contributed by atoms with Crippen molar-refractivity contribution in [3.05, 3.63) is 58.6 Å². The molecule has 170 valence electrons. The van der Waals surface area contributed by atoms with E-state index in [1.54, 1.807) is 7.11 Å². The SMILES string of the molecule is COc1cccc2c1NC(C)(C1CCC(CN3CCCC3)CC1)N=C2c1ccccc1Cl. The molecule has 0 bridgehead atoms. The number of fused-ring (bicyclic) bond motifs is 1. The number of para-hydroxylation sites is 1. The second kappa shape index (κ2) is 9.07. The third kappa shape index (κ3) is 4.15. The van der Waals surface area contributed by atoms with Crippen LogP contribution in [0.3, 0.4) is 0 Å². The van der Waals surface area contributed by atoms with Gasteiger partial charge in [0.15, 0.2) is 0 Å². The minimum absolute atomic E-state index is 0.380. The number of aliphatic imine (C=N–C) groups is 1. The first-order valence-corrected chi connectivity index (χ1v) is 12.5. The molecule has 5 heteroatoms. The summed E-state index contributed by atoms with van der Waals surface area (Å²) in [5.74, 6) is 2.16. The first-order chi connectivity index (χ1) is 15.6. The van der Waals surface area contributed by atoms with E-state index in [0.717, 1.165) is 39.2 Å². The van der Waals surface area contributed by atoms with Crippen LogP contribution in [0.4, 0.5) is 5.69 Å². The zero-order chi connectivity index (χ0) is 22.1. The lowest BCUT2D eigenvalue weighted by atomic mass is 9.75. The Morgan fingerprint density at radius 2 is 1.75 bits per heavy atom. The van der Waals surface area contributed by atoms with Gasteiger partial charge in [0.25, 0.3) is 0 Å². The number of anilines is 1. The van der Waals surface area contributed by atoms with Crippen LogP contribution in [0.5, 0.6) is 5.75 Å². The van der Waals surface area contributed by atoms with Gasteiger partial charge >= 0.3 is 0 Å². The highest BCUT2D eigenvalue weighted by Gasteiger charge is 2.41. The molecule has 0 aromatic heterocycles. The van der Waals surface area contributed by atoms with Gasteiger partial charge in [-0.05, 0) is 76.6 Å². The number of hydrogen-bond acceptors (Lipinski definition) is 4. The summed E-state index contributed by atoms with van der Waals surface area (Å²) in [5, 5.41) is 4.54. The van der Waals surface area contributed by atoms with E-state index in [1.165, 1.54) is 58.2 Å². The Morgan fingerprint density at radius 1 is 1.03 bits per heavy atom. The number of rotatable bonds is 5. The second-order valence-corrected chi connectivity index (χ2v) is 10.2. The summed E-state index contributed by atoms with van der Waals surface area (Å²) < 4.78 is 5.74. The molecule has 0 spiro atoms. The molecule has 1 N–H and O–H groups in total. The van der Waals surface area contributed by atoms with Crippen molar-refractivity contribution in [1.29, 1.82) is 0 Å². The van der Waals surface area contributed by atoms with E-state index in [2.05, 4.69) is 29.3 Å². The predicted octanol–water partition coefficient (Wildman–Crippen LogP) is 6.23. The van der Waals surface area contributed by atoms with Crippen LogP contribution < -0.4 is 10.1 Å². The highest BCUT2D eigenvalue weighted by molar-refractivity contribution is 6.36. The number of nitrogens with one attached hydrogen (secondary N) is 1. The molecule has 1 unspecified atom stereocenters. The van der Waals surface area contributed by atoms with Crippen molar-refractivity contribution >= 4 is 23.0 Å². The van der Waals surface area contributed by atoms with Gasteiger partial charge in [-0.15, -0.1) is 0 Å². The number of halogens is 1. The molecule has 32 heavy (non-hydrogen) atoms. The van der Waals surface area contributed by atoms with Crippen molar-refractivity contribution in [1.82, 2.24) is 4.90 Å². The van der Waals surface area contributed by atoms with Crippen LogP contribution in [0, 0.1) is 11.8 Å². The Hall–Kier alpha value is -2.04. The van der Waals surface area contributed by atoms with Crippen LogP contribution in [0.1, 0.15) is 56.6 Å². The number of methoxy groups -OCH3 is 1. The van der Waals surface area contributed by atoms with Gasteiger partial charge in [-0.2, -0.15) is 0 Å². The lowest BCUT2D eigenvalue weighted by molar-refractivity contribution is 0.168. The lowest BCUT2D eigenvalue weighted by Crippen LogP contribution is -2.46. The van der Waals surface area contributed by atoms with Crippen LogP contribution in [0.15, 0.2) is 47.5 Å². The fourth-order valence-electron chi connectivity index (χ4n) is 5.89. The first-order valence-electron chi connectivity index (χ1n) is 12.1. The normalized spacial score (nSPS) is 28.0. The molecule has 4 nitrogen and oxygen atoms in total. The average molecular weight is 452 g/mol. The molecule has 2 fully saturated rings. The van der Waals surface area contributed by atoms with Crippen molar-refractivity contribution in [2.75, 3.05) is 32.1 Å². The average Bonchev–Trinajstić information content (AvgIpc) is 3.32. The van der Waals surface area contributed by atoms with E-state index >= 15 is 0 Å². The largest absolute Gasteiger partial charge is 0.495 e. The number of nitrogens with zero attached hydrogens (tertiary/aromatic N) is 2. The Labute approximate surface area is 197 Å². The number of likely N-dealkylation sites (tertiary alicyclic amines) is 1. The second-order valence-electron chi connectivity index (χ2n) is 9.82. The lowest BCUT2D eigenvalue weighted by Gasteiger charge is -2.44. The zero-order valence-corrected chi connectivity index (χ0v) is 20.0. The molecule has 0 amide bonds. The van der Waals surface area contributed by atoms with Crippen molar-refractivity contribution in [2.45, 2.75) is 51.1 Å². The molecule has 1 aliphatic carbocycles. The maximum Gasteiger partial charge on any atom is 0.142 e. The highest BCUT2D eigenvalue weighted by Crippen LogP contribution is 2.45. The number of benzene rings is 2. The molecule has 0 radical (unpaired) electrons.